The third kappa shape index (κ3) is 4.74. The van der Waals surface area contributed by atoms with Crippen molar-refractivity contribution in [3.63, 3.8) is 0 Å². The highest BCUT2D eigenvalue weighted by atomic mass is 32.2. The summed E-state index contributed by atoms with van der Waals surface area (Å²) in [6, 6.07) is 14.2. The van der Waals surface area contributed by atoms with Crippen LogP contribution in [0.5, 0.6) is 11.5 Å². The third-order valence-corrected chi connectivity index (χ3v) is 6.62. The van der Waals surface area contributed by atoms with Crippen LogP contribution < -0.4 is 14.2 Å². The van der Waals surface area contributed by atoms with E-state index < -0.39 is 15.9 Å². The number of methoxy groups -OCH3 is 2. The third-order valence-electron chi connectivity index (χ3n) is 5.19. The lowest BCUT2D eigenvalue weighted by atomic mass is 10.0. The molecule has 0 saturated heterocycles. The first-order chi connectivity index (χ1) is 16.3. The number of halogens is 1. The number of furan rings is 1. The summed E-state index contributed by atoms with van der Waals surface area (Å²) >= 11 is 0. The molecule has 0 saturated carbocycles. The monoisotopic (exact) mass is 486 g/mol. The van der Waals surface area contributed by atoms with E-state index in [9.17, 15) is 12.8 Å². The molecule has 4 aromatic rings. The fourth-order valence-corrected chi connectivity index (χ4v) is 4.92. The van der Waals surface area contributed by atoms with Gasteiger partial charge in [0.05, 0.1) is 26.2 Å². The summed E-state index contributed by atoms with van der Waals surface area (Å²) in [4.78, 5) is 0. The highest BCUT2D eigenvalue weighted by Crippen LogP contribution is 2.37. The lowest BCUT2D eigenvalue weighted by Crippen LogP contribution is -2.22. The quantitative estimate of drug-likeness (QED) is 0.377. The van der Waals surface area contributed by atoms with Crippen LogP contribution in [-0.2, 0) is 10.0 Å². The molecule has 2 aromatic heterocycles. The highest BCUT2D eigenvalue weighted by Gasteiger charge is 2.27. The molecule has 0 amide bonds. The van der Waals surface area contributed by atoms with Gasteiger partial charge in [-0.25, -0.2) is 12.8 Å². The van der Waals surface area contributed by atoms with Crippen molar-refractivity contribution in [2.45, 2.75) is 12.8 Å². The Bertz CT molecular complexity index is 1350. The van der Waals surface area contributed by atoms with Gasteiger partial charge in [-0.1, -0.05) is 25.1 Å². The predicted octanol–water partition coefficient (Wildman–Crippen LogP) is 4.23. The molecule has 4 rings (SSSR count). The number of aromatic nitrogens is 3. The lowest BCUT2D eigenvalue weighted by Gasteiger charge is -2.18. The molecule has 1 atom stereocenters. The standard InChI is InChI=1S/C23H23FN4O5S/c1-15(16-9-11-17(24)12-10-16)14-34(29,30)27-23-26-25-22(20-8-5-13-33-20)28(23)21-18(31-2)6-4-7-19(21)32-3/h4-13,15H,14H2,1-3H3,(H,26,27). The molecule has 1 N–H and O–H groups in total. The molecular formula is C23H23FN4O5S. The van der Waals surface area contributed by atoms with Gasteiger partial charge in [-0.3, -0.25) is 9.29 Å². The van der Waals surface area contributed by atoms with Crippen LogP contribution in [0.1, 0.15) is 18.4 Å². The molecule has 0 aliphatic rings. The van der Waals surface area contributed by atoms with Crippen molar-refractivity contribution in [2.24, 2.45) is 0 Å². The number of para-hydroxylation sites is 1. The maximum Gasteiger partial charge on any atom is 0.243 e. The Balaban J connectivity index is 1.76. The van der Waals surface area contributed by atoms with E-state index in [0.717, 1.165) is 0 Å². The van der Waals surface area contributed by atoms with Crippen LogP contribution in [0.15, 0.2) is 65.3 Å². The molecule has 11 heteroatoms. The summed E-state index contributed by atoms with van der Waals surface area (Å²) in [5.41, 5.74) is 1.09. The van der Waals surface area contributed by atoms with Gasteiger partial charge in [-0.05, 0) is 47.9 Å². The second-order valence-corrected chi connectivity index (χ2v) is 9.27. The molecule has 1 unspecified atom stereocenters. The zero-order chi connectivity index (χ0) is 24.3. The average molecular weight is 487 g/mol. The number of sulfonamides is 1. The van der Waals surface area contributed by atoms with E-state index in [0.29, 0.717) is 28.5 Å². The number of hydrogen-bond donors (Lipinski definition) is 1. The first kappa shape index (κ1) is 23.3. The van der Waals surface area contributed by atoms with Crippen LogP contribution in [0.4, 0.5) is 10.3 Å². The van der Waals surface area contributed by atoms with Gasteiger partial charge in [0.2, 0.25) is 21.8 Å². The van der Waals surface area contributed by atoms with Gasteiger partial charge in [0.25, 0.3) is 0 Å². The molecule has 0 aliphatic heterocycles. The Morgan fingerprint density at radius 3 is 2.29 bits per heavy atom. The zero-order valence-corrected chi connectivity index (χ0v) is 19.5. The fraction of sp³-hybridized carbons (Fsp3) is 0.217. The van der Waals surface area contributed by atoms with Gasteiger partial charge in [-0.2, -0.15) is 0 Å². The van der Waals surface area contributed by atoms with Crippen molar-refractivity contribution in [1.82, 2.24) is 14.8 Å². The van der Waals surface area contributed by atoms with Crippen molar-refractivity contribution in [2.75, 3.05) is 24.7 Å². The second-order valence-electron chi connectivity index (χ2n) is 7.51. The molecule has 0 radical (unpaired) electrons. The Morgan fingerprint density at radius 2 is 1.71 bits per heavy atom. The number of rotatable bonds is 9. The van der Waals surface area contributed by atoms with Gasteiger partial charge in [0.1, 0.15) is 23.0 Å². The average Bonchev–Trinajstić information content (AvgIpc) is 3.48. The highest BCUT2D eigenvalue weighted by molar-refractivity contribution is 7.92. The predicted molar refractivity (Wildman–Crippen MR) is 124 cm³/mol. The Hall–Kier alpha value is -3.86. The molecular weight excluding hydrogens is 463 g/mol. The molecule has 178 valence electrons. The molecule has 2 heterocycles. The van der Waals surface area contributed by atoms with Crippen LogP contribution in [0, 0.1) is 5.82 Å². The first-order valence-corrected chi connectivity index (χ1v) is 11.9. The van der Waals surface area contributed by atoms with Crippen LogP contribution in [-0.4, -0.2) is 43.2 Å². The summed E-state index contributed by atoms with van der Waals surface area (Å²) in [5, 5.41) is 8.23. The zero-order valence-electron chi connectivity index (χ0n) is 18.7. The maximum atomic E-state index is 13.2. The lowest BCUT2D eigenvalue weighted by molar-refractivity contribution is 0.391. The van der Waals surface area contributed by atoms with E-state index >= 15 is 0 Å². The molecule has 9 nitrogen and oxygen atoms in total. The second kappa shape index (κ2) is 9.56. The van der Waals surface area contributed by atoms with E-state index in [1.807, 2.05) is 0 Å². The van der Waals surface area contributed by atoms with Gasteiger partial charge < -0.3 is 13.9 Å². The Morgan fingerprint density at radius 1 is 1.03 bits per heavy atom. The summed E-state index contributed by atoms with van der Waals surface area (Å²) in [6.07, 6.45) is 1.47. The Labute approximate surface area is 196 Å². The van der Waals surface area contributed by atoms with Crippen LogP contribution >= 0.6 is 0 Å². The normalized spacial score (nSPS) is 12.4. The molecule has 0 bridgehead atoms. The van der Waals surface area contributed by atoms with Gasteiger partial charge in [-0.15, -0.1) is 10.2 Å². The molecule has 2 aromatic carbocycles. The smallest absolute Gasteiger partial charge is 0.243 e. The molecule has 0 fully saturated rings. The van der Waals surface area contributed by atoms with Crippen LogP contribution in [0.3, 0.4) is 0 Å². The Kier molecular flexibility index (Phi) is 6.55. The van der Waals surface area contributed by atoms with Crippen molar-refractivity contribution in [3.8, 4) is 28.8 Å². The summed E-state index contributed by atoms with van der Waals surface area (Å²) in [6.45, 7) is 1.74. The SMILES string of the molecule is COc1cccc(OC)c1-n1c(NS(=O)(=O)CC(C)c2ccc(F)cc2)nnc1-c1ccco1. The summed E-state index contributed by atoms with van der Waals surface area (Å²) in [7, 11) is -0.918. The van der Waals surface area contributed by atoms with E-state index in [4.69, 9.17) is 13.9 Å². The van der Waals surface area contributed by atoms with Crippen molar-refractivity contribution >= 4 is 16.0 Å². The molecule has 0 spiro atoms. The van der Waals surface area contributed by atoms with E-state index in [1.165, 1.54) is 37.2 Å². The number of nitrogens with one attached hydrogen (secondary N) is 1. The van der Waals surface area contributed by atoms with E-state index in [2.05, 4.69) is 14.9 Å². The largest absolute Gasteiger partial charge is 0.494 e. The van der Waals surface area contributed by atoms with Crippen molar-refractivity contribution in [3.05, 3.63) is 72.2 Å². The first-order valence-electron chi connectivity index (χ1n) is 10.3. The van der Waals surface area contributed by atoms with Gasteiger partial charge in [0.15, 0.2) is 5.76 Å². The maximum absolute atomic E-state index is 13.2. The number of ether oxygens (including phenoxy) is 2. The van der Waals surface area contributed by atoms with Crippen molar-refractivity contribution < 1.29 is 26.7 Å². The van der Waals surface area contributed by atoms with E-state index in [1.54, 1.807) is 49.4 Å². The number of nitrogens with zero attached hydrogens (tertiary/aromatic N) is 3. The fourth-order valence-electron chi connectivity index (χ4n) is 3.58. The van der Waals surface area contributed by atoms with Crippen molar-refractivity contribution in [1.29, 1.82) is 0 Å². The molecule has 34 heavy (non-hydrogen) atoms. The van der Waals surface area contributed by atoms with E-state index in [-0.39, 0.29) is 23.3 Å². The van der Waals surface area contributed by atoms with Gasteiger partial charge >= 0.3 is 0 Å². The molecule has 0 aliphatic carbocycles. The minimum atomic E-state index is -3.90. The summed E-state index contributed by atoms with van der Waals surface area (Å²) in [5.74, 6) is 0.313. The number of benzene rings is 2. The van der Waals surface area contributed by atoms with Crippen LogP contribution in [0.2, 0.25) is 0 Å². The topological polar surface area (TPSA) is 108 Å². The minimum Gasteiger partial charge on any atom is -0.494 e. The van der Waals surface area contributed by atoms with Crippen LogP contribution in [0.25, 0.3) is 17.3 Å². The summed E-state index contributed by atoms with van der Waals surface area (Å²) < 4.78 is 59.9. The number of hydrogen-bond acceptors (Lipinski definition) is 7. The number of anilines is 1. The van der Waals surface area contributed by atoms with Gasteiger partial charge in [0, 0.05) is 0 Å². The minimum absolute atomic E-state index is 0.0690.